The monoisotopic (exact) mass is 410 g/mol. The SMILES string of the molecule is CNC(=O)c1ccc(C=CC(=O)NC(c2ccc(Cl)cc2)c2cccs2)cc1. The molecule has 1 unspecified atom stereocenters. The van der Waals surface area contributed by atoms with Crippen LogP contribution in [0.1, 0.15) is 32.4 Å². The minimum absolute atomic E-state index is 0.143. The Hall–Kier alpha value is -2.89. The molecule has 0 aliphatic heterocycles. The number of hydrogen-bond acceptors (Lipinski definition) is 3. The van der Waals surface area contributed by atoms with E-state index in [0.717, 1.165) is 16.0 Å². The van der Waals surface area contributed by atoms with E-state index in [9.17, 15) is 9.59 Å². The molecule has 4 nitrogen and oxygen atoms in total. The predicted octanol–water partition coefficient (Wildman–Crippen LogP) is 4.68. The third kappa shape index (κ3) is 5.09. The minimum Gasteiger partial charge on any atom is -0.355 e. The highest BCUT2D eigenvalue weighted by Crippen LogP contribution is 2.27. The fourth-order valence-electron chi connectivity index (χ4n) is 2.68. The Morgan fingerprint density at radius 2 is 1.75 bits per heavy atom. The molecule has 2 amide bonds. The van der Waals surface area contributed by atoms with Crippen molar-refractivity contribution >= 4 is 40.8 Å². The van der Waals surface area contributed by atoms with Crippen molar-refractivity contribution in [1.82, 2.24) is 10.6 Å². The molecule has 0 fully saturated rings. The van der Waals surface area contributed by atoms with Crippen molar-refractivity contribution in [1.29, 1.82) is 0 Å². The Bertz CT molecular complexity index is 965. The second-order valence-corrected chi connectivity index (χ2v) is 7.46. The maximum Gasteiger partial charge on any atom is 0.251 e. The topological polar surface area (TPSA) is 58.2 Å². The number of halogens is 1. The fraction of sp³-hybridized carbons (Fsp3) is 0.0909. The summed E-state index contributed by atoms with van der Waals surface area (Å²) in [5.74, 6) is -0.348. The van der Waals surface area contributed by atoms with Crippen LogP contribution in [0.15, 0.2) is 72.1 Å². The normalized spacial score (nSPS) is 11.9. The molecule has 3 aromatic rings. The maximum absolute atomic E-state index is 12.5. The van der Waals surface area contributed by atoms with Gasteiger partial charge >= 0.3 is 0 Å². The highest BCUT2D eigenvalue weighted by Gasteiger charge is 2.16. The molecular formula is C22H19ClN2O2S. The Kier molecular flexibility index (Phi) is 6.63. The van der Waals surface area contributed by atoms with Crippen molar-refractivity contribution in [2.24, 2.45) is 0 Å². The van der Waals surface area contributed by atoms with Crippen molar-refractivity contribution in [2.45, 2.75) is 6.04 Å². The van der Waals surface area contributed by atoms with Crippen LogP contribution in [0.5, 0.6) is 0 Å². The van der Waals surface area contributed by atoms with Crippen LogP contribution in [0.4, 0.5) is 0 Å². The highest BCUT2D eigenvalue weighted by atomic mass is 35.5. The fourth-order valence-corrected chi connectivity index (χ4v) is 3.61. The van der Waals surface area contributed by atoms with Gasteiger partial charge in [0.1, 0.15) is 0 Å². The van der Waals surface area contributed by atoms with Crippen LogP contribution in [0.3, 0.4) is 0 Å². The van der Waals surface area contributed by atoms with Gasteiger partial charge in [0.05, 0.1) is 6.04 Å². The second kappa shape index (κ2) is 9.35. The summed E-state index contributed by atoms with van der Waals surface area (Å²) >= 11 is 7.57. The van der Waals surface area contributed by atoms with Crippen molar-refractivity contribution in [3.63, 3.8) is 0 Å². The van der Waals surface area contributed by atoms with E-state index in [1.165, 1.54) is 6.08 Å². The third-order valence-electron chi connectivity index (χ3n) is 4.14. The standard InChI is InChI=1S/C22H19ClN2O2S/c1-24-22(27)17-7-4-15(5-8-17)6-13-20(26)25-21(19-3-2-14-28-19)16-9-11-18(23)12-10-16/h2-14,21H,1H3,(H,24,27)(H,25,26). The van der Waals surface area contributed by atoms with E-state index in [0.29, 0.717) is 10.6 Å². The van der Waals surface area contributed by atoms with Gasteiger partial charge in [-0.2, -0.15) is 0 Å². The third-order valence-corrected chi connectivity index (χ3v) is 5.33. The van der Waals surface area contributed by atoms with Gasteiger partial charge < -0.3 is 10.6 Å². The average molecular weight is 411 g/mol. The lowest BCUT2D eigenvalue weighted by molar-refractivity contribution is -0.116. The zero-order valence-electron chi connectivity index (χ0n) is 15.2. The molecule has 2 N–H and O–H groups in total. The van der Waals surface area contributed by atoms with E-state index in [2.05, 4.69) is 10.6 Å². The summed E-state index contributed by atoms with van der Waals surface area (Å²) in [6, 6.07) is 18.2. The molecule has 1 aromatic heterocycles. The molecule has 28 heavy (non-hydrogen) atoms. The number of nitrogens with one attached hydrogen (secondary N) is 2. The predicted molar refractivity (Wildman–Crippen MR) is 115 cm³/mol. The van der Waals surface area contributed by atoms with Crippen LogP contribution in [-0.2, 0) is 4.79 Å². The molecule has 0 saturated carbocycles. The number of amides is 2. The summed E-state index contributed by atoms with van der Waals surface area (Å²) < 4.78 is 0. The summed E-state index contributed by atoms with van der Waals surface area (Å²) in [6.07, 6.45) is 3.21. The van der Waals surface area contributed by atoms with E-state index in [4.69, 9.17) is 11.6 Å². The smallest absolute Gasteiger partial charge is 0.251 e. The van der Waals surface area contributed by atoms with Gasteiger partial charge in [-0.3, -0.25) is 9.59 Å². The molecule has 0 saturated heterocycles. The first-order valence-corrected chi connectivity index (χ1v) is 9.92. The number of rotatable bonds is 6. The molecule has 0 bridgehead atoms. The van der Waals surface area contributed by atoms with Gasteiger partial charge in [-0.25, -0.2) is 0 Å². The van der Waals surface area contributed by atoms with Gasteiger partial charge in [0.15, 0.2) is 0 Å². The van der Waals surface area contributed by atoms with E-state index in [1.807, 2.05) is 41.8 Å². The molecule has 0 radical (unpaired) electrons. The van der Waals surface area contributed by atoms with Crippen molar-refractivity contribution in [3.05, 3.63) is 98.7 Å². The Morgan fingerprint density at radius 3 is 2.36 bits per heavy atom. The first kappa shape index (κ1) is 19.9. The lowest BCUT2D eigenvalue weighted by Crippen LogP contribution is -2.27. The summed E-state index contributed by atoms with van der Waals surface area (Å²) in [7, 11) is 1.59. The minimum atomic E-state index is -0.245. The van der Waals surface area contributed by atoms with Gasteiger partial charge in [0, 0.05) is 28.6 Å². The number of carbonyl (C=O) groups excluding carboxylic acids is 2. The highest BCUT2D eigenvalue weighted by molar-refractivity contribution is 7.10. The van der Waals surface area contributed by atoms with Gasteiger partial charge in [0.25, 0.3) is 5.91 Å². The van der Waals surface area contributed by atoms with E-state index in [-0.39, 0.29) is 17.9 Å². The number of thiophene rings is 1. The van der Waals surface area contributed by atoms with E-state index < -0.39 is 0 Å². The van der Waals surface area contributed by atoms with E-state index in [1.54, 1.807) is 48.7 Å². The number of hydrogen-bond donors (Lipinski definition) is 2. The zero-order valence-corrected chi connectivity index (χ0v) is 16.8. The van der Waals surface area contributed by atoms with Crippen molar-refractivity contribution < 1.29 is 9.59 Å². The van der Waals surface area contributed by atoms with Crippen LogP contribution >= 0.6 is 22.9 Å². The van der Waals surface area contributed by atoms with Crippen LogP contribution in [0, 0.1) is 0 Å². The van der Waals surface area contributed by atoms with Crippen LogP contribution in [-0.4, -0.2) is 18.9 Å². The summed E-state index contributed by atoms with van der Waals surface area (Å²) in [5.41, 5.74) is 2.37. The largest absolute Gasteiger partial charge is 0.355 e. The molecule has 3 rings (SSSR count). The van der Waals surface area contributed by atoms with E-state index >= 15 is 0 Å². The Balaban J connectivity index is 1.72. The molecular weight excluding hydrogens is 392 g/mol. The van der Waals surface area contributed by atoms with Crippen molar-refractivity contribution in [2.75, 3.05) is 7.05 Å². The van der Waals surface area contributed by atoms with Gasteiger partial charge in [0.2, 0.25) is 5.91 Å². The second-order valence-electron chi connectivity index (χ2n) is 6.04. The number of benzene rings is 2. The van der Waals surface area contributed by atoms with Gasteiger partial charge in [-0.05, 0) is 52.9 Å². The number of carbonyl (C=O) groups is 2. The molecule has 0 spiro atoms. The summed E-state index contributed by atoms with van der Waals surface area (Å²) in [5, 5.41) is 8.25. The Morgan fingerprint density at radius 1 is 1.04 bits per heavy atom. The summed E-state index contributed by atoms with van der Waals surface area (Å²) in [6.45, 7) is 0. The first-order chi connectivity index (χ1) is 13.6. The Labute approximate surface area is 172 Å². The molecule has 0 aliphatic carbocycles. The maximum atomic E-state index is 12.5. The lowest BCUT2D eigenvalue weighted by atomic mass is 10.1. The van der Waals surface area contributed by atoms with Gasteiger partial charge in [-0.1, -0.05) is 41.9 Å². The molecule has 0 aliphatic rings. The molecule has 142 valence electrons. The first-order valence-electron chi connectivity index (χ1n) is 8.66. The molecule has 6 heteroatoms. The van der Waals surface area contributed by atoms with Gasteiger partial charge in [-0.15, -0.1) is 11.3 Å². The molecule has 1 heterocycles. The van der Waals surface area contributed by atoms with Crippen LogP contribution in [0.2, 0.25) is 5.02 Å². The average Bonchev–Trinajstić information content (AvgIpc) is 3.25. The quantitative estimate of drug-likeness (QED) is 0.579. The molecule has 1 atom stereocenters. The lowest BCUT2D eigenvalue weighted by Gasteiger charge is -2.17. The van der Waals surface area contributed by atoms with Crippen LogP contribution in [0.25, 0.3) is 6.08 Å². The molecule has 2 aromatic carbocycles. The summed E-state index contributed by atoms with van der Waals surface area (Å²) in [4.78, 5) is 25.1. The zero-order chi connectivity index (χ0) is 19.9. The van der Waals surface area contributed by atoms with Crippen LogP contribution < -0.4 is 10.6 Å². The van der Waals surface area contributed by atoms with Crippen molar-refractivity contribution in [3.8, 4) is 0 Å².